The van der Waals surface area contributed by atoms with Crippen LogP contribution in [0.2, 0.25) is 5.02 Å². The van der Waals surface area contributed by atoms with Gasteiger partial charge < -0.3 is 4.74 Å². The molecule has 2 aromatic carbocycles. The summed E-state index contributed by atoms with van der Waals surface area (Å²) in [6.07, 6.45) is 2.77. The van der Waals surface area contributed by atoms with Gasteiger partial charge in [0.25, 0.3) is 0 Å². The standard InChI is InChI=1S/C18H15BrClN3O2/c19-15-7-6-14(17(20)8-15)10-23-11-16(9-21-23)22-18(24)25-12-13-4-2-1-3-5-13/h1-9,11H,10,12H2,(H,22,24). The van der Waals surface area contributed by atoms with E-state index in [9.17, 15) is 4.79 Å². The predicted octanol–water partition coefficient (Wildman–Crippen LogP) is 5.10. The number of carbonyl (C=O) groups excluding carboxylic acids is 1. The first-order chi connectivity index (χ1) is 12.1. The quantitative estimate of drug-likeness (QED) is 0.625. The van der Waals surface area contributed by atoms with Crippen LogP contribution in [0.5, 0.6) is 0 Å². The third-order valence-corrected chi connectivity index (χ3v) is 4.28. The Morgan fingerprint density at radius 1 is 1.24 bits per heavy atom. The molecule has 3 rings (SSSR count). The summed E-state index contributed by atoms with van der Waals surface area (Å²) in [7, 11) is 0. The van der Waals surface area contributed by atoms with Crippen molar-refractivity contribution in [2.24, 2.45) is 0 Å². The van der Waals surface area contributed by atoms with Gasteiger partial charge in [0.15, 0.2) is 0 Å². The van der Waals surface area contributed by atoms with E-state index in [2.05, 4.69) is 26.3 Å². The molecule has 25 heavy (non-hydrogen) atoms. The average Bonchev–Trinajstić information content (AvgIpc) is 3.03. The molecule has 0 aliphatic rings. The summed E-state index contributed by atoms with van der Waals surface area (Å²) in [6, 6.07) is 15.2. The highest BCUT2D eigenvalue weighted by Crippen LogP contribution is 2.22. The van der Waals surface area contributed by atoms with Crippen LogP contribution < -0.4 is 5.32 Å². The lowest BCUT2D eigenvalue weighted by molar-refractivity contribution is 0.155. The first-order valence-corrected chi connectivity index (χ1v) is 8.71. The maximum Gasteiger partial charge on any atom is 0.412 e. The molecule has 3 aromatic rings. The van der Waals surface area contributed by atoms with Crippen molar-refractivity contribution >= 4 is 39.3 Å². The monoisotopic (exact) mass is 419 g/mol. The third-order valence-electron chi connectivity index (χ3n) is 3.44. The molecule has 5 nitrogen and oxygen atoms in total. The Labute approximate surface area is 158 Å². The van der Waals surface area contributed by atoms with Crippen molar-refractivity contribution in [1.29, 1.82) is 0 Å². The summed E-state index contributed by atoms with van der Waals surface area (Å²) in [5.74, 6) is 0. The number of aromatic nitrogens is 2. The Hall–Kier alpha value is -2.31. The molecule has 1 aromatic heterocycles. The van der Waals surface area contributed by atoms with E-state index in [0.717, 1.165) is 15.6 Å². The van der Waals surface area contributed by atoms with Crippen LogP contribution in [0.25, 0.3) is 0 Å². The highest BCUT2D eigenvalue weighted by Gasteiger charge is 2.08. The average molecular weight is 421 g/mol. The van der Waals surface area contributed by atoms with Crippen molar-refractivity contribution in [2.75, 3.05) is 5.32 Å². The largest absolute Gasteiger partial charge is 0.444 e. The van der Waals surface area contributed by atoms with Gasteiger partial charge in [-0.2, -0.15) is 5.10 Å². The first kappa shape index (κ1) is 17.5. The van der Waals surface area contributed by atoms with Gasteiger partial charge in [-0.25, -0.2) is 4.79 Å². The van der Waals surface area contributed by atoms with Crippen molar-refractivity contribution in [2.45, 2.75) is 13.2 Å². The number of amides is 1. The molecule has 0 unspecified atom stereocenters. The lowest BCUT2D eigenvalue weighted by Gasteiger charge is -2.06. The third kappa shape index (κ3) is 5.08. The summed E-state index contributed by atoms with van der Waals surface area (Å²) >= 11 is 9.59. The van der Waals surface area contributed by atoms with E-state index in [1.54, 1.807) is 17.1 Å². The summed E-state index contributed by atoms with van der Waals surface area (Å²) in [5, 5.41) is 7.53. The van der Waals surface area contributed by atoms with Gasteiger partial charge in [0.2, 0.25) is 0 Å². The Morgan fingerprint density at radius 2 is 2.04 bits per heavy atom. The van der Waals surface area contributed by atoms with Crippen molar-refractivity contribution in [3.05, 3.63) is 81.5 Å². The van der Waals surface area contributed by atoms with Crippen LogP contribution in [-0.2, 0) is 17.9 Å². The SMILES string of the molecule is O=C(Nc1cnn(Cc2ccc(Br)cc2Cl)c1)OCc1ccccc1. The molecule has 128 valence electrons. The fourth-order valence-electron chi connectivity index (χ4n) is 2.22. The van der Waals surface area contributed by atoms with Crippen LogP contribution in [0.15, 0.2) is 65.4 Å². The minimum absolute atomic E-state index is 0.218. The van der Waals surface area contributed by atoms with Crippen LogP contribution >= 0.6 is 27.5 Å². The molecule has 0 bridgehead atoms. The zero-order valence-electron chi connectivity index (χ0n) is 13.2. The number of ether oxygens (including phenoxy) is 1. The van der Waals surface area contributed by atoms with Crippen LogP contribution in [0.1, 0.15) is 11.1 Å². The Balaban J connectivity index is 1.55. The molecule has 0 spiro atoms. The number of hydrogen-bond donors (Lipinski definition) is 1. The second-order valence-corrected chi connectivity index (χ2v) is 6.67. The number of nitrogens with one attached hydrogen (secondary N) is 1. The highest BCUT2D eigenvalue weighted by molar-refractivity contribution is 9.10. The molecule has 1 amide bonds. The summed E-state index contributed by atoms with van der Waals surface area (Å²) in [4.78, 5) is 11.8. The van der Waals surface area contributed by atoms with Gasteiger partial charge in [0, 0.05) is 15.7 Å². The van der Waals surface area contributed by atoms with E-state index in [1.807, 2.05) is 48.5 Å². The van der Waals surface area contributed by atoms with Crippen molar-refractivity contribution in [3.63, 3.8) is 0 Å². The van der Waals surface area contributed by atoms with Gasteiger partial charge in [-0.1, -0.05) is 63.9 Å². The van der Waals surface area contributed by atoms with Gasteiger partial charge in [0.1, 0.15) is 6.61 Å². The van der Waals surface area contributed by atoms with E-state index in [1.165, 1.54) is 0 Å². The Morgan fingerprint density at radius 3 is 2.80 bits per heavy atom. The number of hydrogen-bond acceptors (Lipinski definition) is 3. The molecular formula is C18H15BrClN3O2. The van der Waals surface area contributed by atoms with Gasteiger partial charge in [-0.15, -0.1) is 0 Å². The smallest absolute Gasteiger partial charge is 0.412 e. The summed E-state index contributed by atoms with van der Waals surface area (Å²) < 4.78 is 7.80. The summed E-state index contributed by atoms with van der Waals surface area (Å²) in [6.45, 7) is 0.724. The zero-order valence-corrected chi connectivity index (χ0v) is 15.5. The number of carbonyl (C=O) groups is 1. The second kappa shape index (κ2) is 8.18. The lowest BCUT2D eigenvalue weighted by Crippen LogP contribution is -2.13. The predicted molar refractivity (Wildman–Crippen MR) is 101 cm³/mol. The normalized spacial score (nSPS) is 10.5. The summed E-state index contributed by atoms with van der Waals surface area (Å²) in [5.41, 5.74) is 2.43. The fourth-order valence-corrected chi connectivity index (χ4v) is 2.95. The van der Waals surface area contributed by atoms with Crippen LogP contribution in [0, 0.1) is 0 Å². The second-order valence-electron chi connectivity index (χ2n) is 5.35. The number of benzene rings is 2. The molecule has 0 saturated carbocycles. The topological polar surface area (TPSA) is 56.2 Å². The lowest BCUT2D eigenvalue weighted by atomic mass is 10.2. The van der Waals surface area contributed by atoms with Gasteiger partial charge >= 0.3 is 6.09 Å². The van der Waals surface area contributed by atoms with Crippen LogP contribution in [0.3, 0.4) is 0 Å². The van der Waals surface area contributed by atoms with Gasteiger partial charge in [-0.3, -0.25) is 10.00 Å². The molecule has 1 heterocycles. The molecular weight excluding hydrogens is 406 g/mol. The number of anilines is 1. The minimum atomic E-state index is -0.523. The molecule has 1 N–H and O–H groups in total. The molecule has 0 fully saturated rings. The fraction of sp³-hybridized carbons (Fsp3) is 0.111. The highest BCUT2D eigenvalue weighted by atomic mass is 79.9. The molecule has 0 aliphatic heterocycles. The molecule has 7 heteroatoms. The van der Waals surface area contributed by atoms with E-state index >= 15 is 0 Å². The van der Waals surface area contributed by atoms with Crippen molar-refractivity contribution < 1.29 is 9.53 Å². The number of rotatable bonds is 5. The van der Waals surface area contributed by atoms with Crippen LogP contribution in [0.4, 0.5) is 10.5 Å². The van der Waals surface area contributed by atoms with Crippen LogP contribution in [-0.4, -0.2) is 15.9 Å². The minimum Gasteiger partial charge on any atom is -0.444 e. The van der Waals surface area contributed by atoms with Gasteiger partial charge in [0.05, 0.1) is 18.4 Å². The number of halogens is 2. The molecule has 0 atom stereocenters. The maximum absolute atomic E-state index is 11.8. The van der Waals surface area contributed by atoms with E-state index in [-0.39, 0.29) is 6.61 Å². The number of nitrogens with zero attached hydrogens (tertiary/aromatic N) is 2. The zero-order chi connectivity index (χ0) is 17.6. The Kier molecular flexibility index (Phi) is 5.73. The van der Waals surface area contributed by atoms with Crippen molar-refractivity contribution in [1.82, 2.24) is 9.78 Å². The first-order valence-electron chi connectivity index (χ1n) is 7.54. The molecule has 0 saturated heterocycles. The molecule has 0 aliphatic carbocycles. The van der Waals surface area contributed by atoms with E-state index in [4.69, 9.17) is 16.3 Å². The Bertz CT molecular complexity index is 868. The van der Waals surface area contributed by atoms with Crippen molar-refractivity contribution in [3.8, 4) is 0 Å². The maximum atomic E-state index is 11.8. The van der Waals surface area contributed by atoms with E-state index < -0.39 is 6.09 Å². The van der Waals surface area contributed by atoms with E-state index in [0.29, 0.717) is 17.3 Å². The molecule has 0 radical (unpaired) electrons. The van der Waals surface area contributed by atoms with Gasteiger partial charge in [-0.05, 0) is 23.3 Å².